The van der Waals surface area contributed by atoms with Crippen LogP contribution in [-0.2, 0) is 6.42 Å². The van der Waals surface area contributed by atoms with Crippen LogP contribution in [0.2, 0.25) is 0 Å². The Kier molecular flexibility index (Phi) is 4.50. The van der Waals surface area contributed by atoms with Crippen LogP contribution in [0.4, 0.5) is 8.78 Å². The maximum absolute atomic E-state index is 13.7. The van der Waals surface area contributed by atoms with Crippen molar-refractivity contribution in [3.05, 3.63) is 70.8 Å². The highest BCUT2D eigenvalue weighted by Crippen LogP contribution is 2.27. The third-order valence-electron chi connectivity index (χ3n) is 3.18. The summed E-state index contributed by atoms with van der Waals surface area (Å²) < 4.78 is 27.4. The molecule has 0 aliphatic carbocycles. The van der Waals surface area contributed by atoms with Crippen molar-refractivity contribution in [1.82, 2.24) is 0 Å². The molecular weight excluding hydrogens is 258 g/mol. The Balaban J connectivity index is 2.36. The molecule has 1 atom stereocenters. The first kappa shape index (κ1) is 14.7. The van der Waals surface area contributed by atoms with Crippen molar-refractivity contribution < 1.29 is 13.9 Å². The molecule has 1 unspecified atom stereocenters. The molecule has 0 aromatic heterocycles. The van der Waals surface area contributed by atoms with E-state index in [0.29, 0.717) is 11.5 Å². The number of aliphatic hydroxyl groups excluding tert-OH is 1. The Morgan fingerprint density at radius 2 is 1.60 bits per heavy atom. The summed E-state index contributed by atoms with van der Waals surface area (Å²) >= 11 is 0. The Bertz CT molecular complexity index is 573. The second-order valence-corrected chi connectivity index (χ2v) is 5.38. The van der Waals surface area contributed by atoms with Crippen LogP contribution in [0.1, 0.15) is 36.6 Å². The highest BCUT2D eigenvalue weighted by molar-refractivity contribution is 5.34. The van der Waals surface area contributed by atoms with Crippen LogP contribution < -0.4 is 0 Å². The molecule has 0 saturated heterocycles. The summed E-state index contributed by atoms with van der Waals surface area (Å²) in [5.74, 6) is -0.980. The predicted molar refractivity (Wildman–Crippen MR) is 75.4 cm³/mol. The largest absolute Gasteiger partial charge is 0.383 e. The highest BCUT2D eigenvalue weighted by Gasteiger charge is 2.19. The Morgan fingerprint density at radius 3 is 2.20 bits per heavy atom. The lowest BCUT2D eigenvalue weighted by Crippen LogP contribution is -2.06. The average molecular weight is 276 g/mol. The van der Waals surface area contributed by atoms with Crippen molar-refractivity contribution in [2.24, 2.45) is 5.92 Å². The van der Waals surface area contributed by atoms with Gasteiger partial charge in [0, 0.05) is 0 Å². The minimum absolute atomic E-state index is 0.297. The minimum Gasteiger partial charge on any atom is -0.383 e. The van der Waals surface area contributed by atoms with Crippen LogP contribution in [-0.4, -0.2) is 5.11 Å². The molecule has 3 heteroatoms. The van der Waals surface area contributed by atoms with Gasteiger partial charge in [0.25, 0.3) is 0 Å². The molecule has 0 aliphatic rings. The molecule has 106 valence electrons. The van der Waals surface area contributed by atoms with Crippen molar-refractivity contribution in [2.45, 2.75) is 26.4 Å². The van der Waals surface area contributed by atoms with Gasteiger partial charge in [-0.2, -0.15) is 0 Å². The molecule has 0 aliphatic heterocycles. The first-order valence-electron chi connectivity index (χ1n) is 6.70. The van der Waals surface area contributed by atoms with E-state index in [0.717, 1.165) is 24.1 Å². The van der Waals surface area contributed by atoms with Crippen LogP contribution >= 0.6 is 0 Å². The SMILES string of the molecule is CC(C)Cc1cccc(C(O)c2c(F)cccc2F)c1. The molecule has 2 rings (SSSR count). The Hall–Kier alpha value is -1.74. The van der Waals surface area contributed by atoms with E-state index in [1.807, 2.05) is 6.07 Å². The topological polar surface area (TPSA) is 20.2 Å². The number of benzene rings is 2. The van der Waals surface area contributed by atoms with E-state index < -0.39 is 17.7 Å². The average Bonchev–Trinajstić information content (AvgIpc) is 2.38. The zero-order valence-electron chi connectivity index (χ0n) is 11.6. The molecule has 0 saturated carbocycles. The maximum Gasteiger partial charge on any atom is 0.132 e. The zero-order valence-corrected chi connectivity index (χ0v) is 11.6. The molecule has 0 radical (unpaired) electrons. The summed E-state index contributed by atoms with van der Waals surface area (Å²) in [4.78, 5) is 0. The third-order valence-corrected chi connectivity index (χ3v) is 3.18. The second-order valence-electron chi connectivity index (χ2n) is 5.38. The van der Waals surface area contributed by atoms with Crippen molar-refractivity contribution >= 4 is 0 Å². The van der Waals surface area contributed by atoms with Crippen LogP contribution in [0.15, 0.2) is 42.5 Å². The smallest absolute Gasteiger partial charge is 0.132 e. The van der Waals surface area contributed by atoms with Gasteiger partial charge >= 0.3 is 0 Å². The standard InChI is InChI=1S/C17H18F2O/c1-11(2)9-12-5-3-6-13(10-12)17(20)16-14(18)7-4-8-15(16)19/h3-8,10-11,17,20H,9H2,1-2H3. The van der Waals surface area contributed by atoms with Crippen LogP contribution in [0.3, 0.4) is 0 Å². The fraction of sp³-hybridized carbons (Fsp3) is 0.294. The van der Waals surface area contributed by atoms with Gasteiger partial charge in [-0.3, -0.25) is 0 Å². The quantitative estimate of drug-likeness (QED) is 0.885. The lowest BCUT2D eigenvalue weighted by atomic mass is 9.96. The summed E-state index contributed by atoms with van der Waals surface area (Å²) in [6, 6.07) is 10.8. The molecule has 0 spiro atoms. The summed E-state index contributed by atoms with van der Waals surface area (Å²) in [6.07, 6.45) is -0.427. The second kappa shape index (κ2) is 6.14. The van der Waals surface area contributed by atoms with E-state index in [9.17, 15) is 13.9 Å². The van der Waals surface area contributed by atoms with Crippen LogP contribution in [0, 0.1) is 17.6 Å². The normalized spacial score (nSPS) is 12.7. The van der Waals surface area contributed by atoms with Crippen molar-refractivity contribution in [1.29, 1.82) is 0 Å². The van der Waals surface area contributed by atoms with E-state index in [1.165, 1.54) is 6.07 Å². The molecule has 0 amide bonds. The van der Waals surface area contributed by atoms with Gasteiger partial charge in [0.05, 0.1) is 5.56 Å². The monoisotopic (exact) mass is 276 g/mol. The van der Waals surface area contributed by atoms with E-state index in [2.05, 4.69) is 13.8 Å². The molecule has 1 nitrogen and oxygen atoms in total. The van der Waals surface area contributed by atoms with Crippen LogP contribution in [0.5, 0.6) is 0 Å². The number of halogens is 2. The predicted octanol–water partition coefficient (Wildman–Crippen LogP) is 4.25. The van der Waals surface area contributed by atoms with Gasteiger partial charge in [0.1, 0.15) is 17.7 Å². The van der Waals surface area contributed by atoms with Gasteiger partial charge in [-0.05, 0) is 35.6 Å². The molecule has 2 aromatic rings. The maximum atomic E-state index is 13.7. The van der Waals surface area contributed by atoms with Crippen molar-refractivity contribution in [3.8, 4) is 0 Å². The van der Waals surface area contributed by atoms with Gasteiger partial charge in [-0.1, -0.05) is 44.2 Å². The van der Waals surface area contributed by atoms with Crippen LogP contribution in [0.25, 0.3) is 0 Å². The van der Waals surface area contributed by atoms with Gasteiger partial charge < -0.3 is 5.11 Å². The molecular formula is C17H18F2O. The lowest BCUT2D eigenvalue weighted by molar-refractivity contribution is 0.209. The molecule has 0 heterocycles. The fourth-order valence-corrected chi connectivity index (χ4v) is 2.30. The number of hydrogen-bond acceptors (Lipinski definition) is 1. The van der Waals surface area contributed by atoms with E-state index >= 15 is 0 Å². The fourth-order valence-electron chi connectivity index (χ4n) is 2.30. The number of aliphatic hydroxyl groups is 1. The minimum atomic E-state index is -1.29. The van der Waals surface area contributed by atoms with Gasteiger partial charge in [0.2, 0.25) is 0 Å². The summed E-state index contributed by atoms with van der Waals surface area (Å²) in [5.41, 5.74) is 1.26. The van der Waals surface area contributed by atoms with Crippen molar-refractivity contribution in [2.75, 3.05) is 0 Å². The molecule has 20 heavy (non-hydrogen) atoms. The Morgan fingerprint density at radius 1 is 1.00 bits per heavy atom. The first-order valence-corrected chi connectivity index (χ1v) is 6.70. The number of rotatable bonds is 4. The summed E-state index contributed by atoms with van der Waals surface area (Å²) in [7, 11) is 0. The van der Waals surface area contributed by atoms with E-state index in [-0.39, 0.29) is 5.56 Å². The summed E-state index contributed by atoms with van der Waals surface area (Å²) in [5, 5.41) is 10.2. The van der Waals surface area contributed by atoms with Gasteiger partial charge in [-0.15, -0.1) is 0 Å². The molecule has 1 N–H and O–H groups in total. The molecule has 2 aromatic carbocycles. The van der Waals surface area contributed by atoms with Gasteiger partial charge in [-0.25, -0.2) is 8.78 Å². The highest BCUT2D eigenvalue weighted by atomic mass is 19.1. The van der Waals surface area contributed by atoms with E-state index in [4.69, 9.17) is 0 Å². The third kappa shape index (κ3) is 3.23. The first-order chi connectivity index (χ1) is 9.49. The summed E-state index contributed by atoms with van der Waals surface area (Å²) in [6.45, 7) is 4.19. The zero-order chi connectivity index (χ0) is 14.7. The Labute approximate surface area is 117 Å². The van der Waals surface area contributed by atoms with E-state index in [1.54, 1.807) is 18.2 Å². The molecule has 0 bridgehead atoms. The lowest BCUT2D eigenvalue weighted by Gasteiger charge is -2.15. The van der Waals surface area contributed by atoms with Gasteiger partial charge in [0.15, 0.2) is 0 Å². The molecule has 0 fully saturated rings. The van der Waals surface area contributed by atoms with Crippen molar-refractivity contribution in [3.63, 3.8) is 0 Å². The number of hydrogen-bond donors (Lipinski definition) is 1.